The lowest BCUT2D eigenvalue weighted by atomic mass is 10.2. The van der Waals surface area contributed by atoms with Crippen molar-refractivity contribution >= 4 is 6.29 Å². The van der Waals surface area contributed by atoms with E-state index in [2.05, 4.69) is 0 Å². The molecule has 0 unspecified atom stereocenters. The highest BCUT2D eigenvalue weighted by molar-refractivity contribution is 5.74. The molecule has 2 aromatic carbocycles. The third-order valence-electron chi connectivity index (χ3n) is 2.42. The Labute approximate surface area is 103 Å². The average Bonchev–Trinajstić information content (AvgIpc) is 2.39. The van der Waals surface area contributed by atoms with Gasteiger partial charge in [0.05, 0.1) is 0 Å². The van der Waals surface area contributed by atoms with Crippen molar-refractivity contribution in [1.29, 1.82) is 0 Å². The molecule has 0 amide bonds. The zero-order valence-corrected chi connectivity index (χ0v) is 9.47. The highest BCUT2D eigenvalue weighted by Gasteiger charge is 2.04. The van der Waals surface area contributed by atoms with Crippen LogP contribution in [-0.4, -0.2) is 11.4 Å². The number of hydrogen-bond acceptors (Lipinski definition) is 3. The first-order chi connectivity index (χ1) is 8.69. The SMILES string of the molecule is O=Cc1ccc(OCc2ccc(O)cc2)c(F)c1. The summed E-state index contributed by atoms with van der Waals surface area (Å²) in [5.41, 5.74) is 1.08. The van der Waals surface area contributed by atoms with Gasteiger partial charge in [0.1, 0.15) is 18.6 Å². The maximum absolute atomic E-state index is 13.5. The molecule has 0 aliphatic carbocycles. The Kier molecular flexibility index (Phi) is 3.57. The molecule has 2 aromatic rings. The molecule has 0 saturated carbocycles. The molecule has 92 valence electrons. The fourth-order valence-corrected chi connectivity index (χ4v) is 1.46. The van der Waals surface area contributed by atoms with Crippen molar-refractivity contribution in [3.8, 4) is 11.5 Å². The van der Waals surface area contributed by atoms with Gasteiger partial charge in [0.2, 0.25) is 0 Å². The quantitative estimate of drug-likeness (QED) is 0.844. The van der Waals surface area contributed by atoms with E-state index >= 15 is 0 Å². The molecule has 4 heteroatoms. The van der Waals surface area contributed by atoms with E-state index in [-0.39, 0.29) is 23.7 Å². The Balaban J connectivity index is 2.06. The Hall–Kier alpha value is -2.36. The Morgan fingerprint density at radius 1 is 1.17 bits per heavy atom. The van der Waals surface area contributed by atoms with Crippen molar-refractivity contribution in [3.63, 3.8) is 0 Å². The molecular weight excluding hydrogens is 235 g/mol. The van der Waals surface area contributed by atoms with Gasteiger partial charge in [-0.1, -0.05) is 12.1 Å². The molecule has 0 radical (unpaired) electrons. The van der Waals surface area contributed by atoms with Crippen LogP contribution in [0.1, 0.15) is 15.9 Å². The molecule has 0 aliphatic heterocycles. The molecule has 0 atom stereocenters. The molecule has 1 N–H and O–H groups in total. The molecule has 0 aliphatic rings. The number of phenolic OH excluding ortho intramolecular Hbond substituents is 1. The number of carbonyl (C=O) groups excluding carboxylic acids is 1. The lowest BCUT2D eigenvalue weighted by molar-refractivity contribution is 0.112. The lowest BCUT2D eigenvalue weighted by Gasteiger charge is -2.07. The summed E-state index contributed by atoms with van der Waals surface area (Å²) in [5.74, 6) is -0.313. The highest BCUT2D eigenvalue weighted by atomic mass is 19.1. The molecule has 0 heterocycles. The lowest BCUT2D eigenvalue weighted by Crippen LogP contribution is -1.97. The van der Waals surface area contributed by atoms with Crippen molar-refractivity contribution in [2.24, 2.45) is 0 Å². The molecule has 0 saturated heterocycles. The molecule has 0 aromatic heterocycles. The maximum Gasteiger partial charge on any atom is 0.165 e. The van der Waals surface area contributed by atoms with Gasteiger partial charge < -0.3 is 9.84 Å². The Bertz CT molecular complexity index is 549. The fourth-order valence-electron chi connectivity index (χ4n) is 1.46. The van der Waals surface area contributed by atoms with E-state index < -0.39 is 5.82 Å². The Morgan fingerprint density at radius 2 is 1.89 bits per heavy atom. The van der Waals surface area contributed by atoms with Gasteiger partial charge in [0, 0.05) is 5.56 Å². The smallest absolute Gasteiger partial charge is 0.165 e. The maximum atomic E-state index is 13.5. The van der Waals surface area contributed by atoms with Gasteiger partial charge in [-0.2, -0.15) is 0 Å². The zero-order chi connectivity index (χ0) is 13.0. The zero-order valence-electron chi connectivity index (χ0n) is 9.47. The molecule has 0 spiro atoms. The average molecular weight is 246 g/mol. The Morgan fingerprint density at radius 3 is 2.50 bits per heavy atom. The van der Waals surface area contributed by atoms with Crippen LogP contribution in [0.15, 0.2) is 42.5 Å². The van der Waals surface area contributed by atoms with Gasteiger partial charge in [0.25, 0.3) is 0 Å². The van der Waals surface area contributed by atoms with Crippen LogP contribution in [-0.2, 0) is 6.61 Å². The van der Waals surface area contributed by atoms with Crippen LogP contribution in [0.25, 0.3) is 0 Å². The number of aldehydes is 1. The van der Waals surface area contributed by atoms with Crippen molar-refractivity contribution in [2.45, 2.75) is 6.61 Å². The number of ether oxygens (including phenoxy) is 1. The van der Waals surface area contributed by atoms with Gasteiger partial charge in [-0.05, 0) is 35.9 Å². The van der Waals surface area contributed by atoms with Crippen molar-refractivity contribution in [1.82, 2.24) is 0 Å². The van der Waals surface area contributed by atoms with Crippen LogP contribution in [0.4, 0.5) is 4.39 Å². The molecular formula is C14H11FO3. The number of aromatic hydroxyl groups is 1. The fraction of sp³-hybridized carbons (Fsp3) is 0.0714. The standard InChI is InChI=1S/C14H11FO3/c15-13-7-11(8-16)3-6-14(13)18-9-10-1-4-12(17)5-2-10/h1-8,17H,9H2. The van der Waals surface area contributed by atoms with E-state index in [9.17, 15) is 9.18 Å². The number of halogens is 1. The summed E-state index contributed by atoms with van der Waals surface area (Å²) in [7, 11) is 0. The summed E-state index contributed by atoms with van der Waals surface area (Å²) in [6, 6.07) is 10.5. The summed E-state index contributed by atoms with van der Waals surface area (Å²) in [5, 5.41) is 9.11. The summed E-state index contributed by atoms with van der Waals surface area (Å²) >= 11 is 0. The first-order valence-electron chi connectivity index (χ1n) is 5.34. The van der Waals surface area contributed by atoms with Crippen LogP contribution < -0.4 is 4.74 Å². The first-order valence-corrected chi connectivity index (χ1v) is 5.34. The number of hydrogen-bond donors (Lipinski definition) is 1. The summed E-state index contributed by atoms with van der Waals surface area (Å²) in [6.07, 6.45) is 0.576. The predicted molar refractivity (Wildman–Crippen MR) is 64.2 cm³/mol. The minimum absolute atomic E-state index is 0.0914. The molecule has 0 fully saturated rings. The predicted octanol–water partition coefficient (Wildman–Crippen LogP) is 2.92. The van der Waals surface area contributed by atoms with Gasteiger partial charge in [-0.25, -0.2) is 4.39 Å². The van der Waals surface area contributed by atoms with Gasteiger partial charge in [-0.15, -0.1) is 0 Å². The van der Waals surface area contributed by atoms with E-state index in [1.54, 1.807) is 12.1 Å². The van der Waals surface area contributed by atoms with Crippen LogP contribution in [0.5, 0.6) is 11.5 Å². The first kappa shape index (κ1) is 12.1. The van der Waals surface area contributed by atoms with Crippen molar-refractivity contribution in [3.05, 3.63) is 59.4 Å². The third-order valence-corrected chi connectivity index (χ3v) is 2.42. The minimum atomic E-state index is -0.571. The largest absolute Gasteiger partial charge is 0.508 e. The van der Waals surface area contributed by atoms with Crippen LogP contribution in [0, 0.1) is 5.82 Å². The van der Waals surface area contributed by atoms with E-state index in [4.69, 9.17) is 9.84 Å². The topological polar surface area (TPSA) is 46.5 Å². The highest BCUT2D eigenvalue weighted by Crippen LogP contribution is 2.19. The normalized spacial score (nSPS) is 10.1. The molecule has 3 nitrogen and oxygen atoms in total. The number of benzene rings is 2. The summed E-state index contributed by atoms with van der Waals surface area (Å²) in [4.78, 5) is 10.5. The molecule has 0 bridgehead atoms. The van der Waals surface area contributed by atoms with Crippen LogP contribution in [0.2, 0.25) is 0 Å². The second-order valence-electron chi connectivity index (χ2n) is 3.76. The van der Waals surface area contributed by atoms with Crippen LogP contribution >= 0.6 is 0 Å². The summed E-state index contributed by atoms with van der Waals surface area (Å²) in [6.45, 7) is 0.192. The van der Waals surface area contributed by atoms with Crippen molar-refractivity contribution < 1.29 is 19.0 Å². The summed E-state index contributed by atoms with van der Waals surface area (Å²) < 4.78 is 18.8. The van der Waals surface area contributed by atoms with E-state index in [0.29, 0.717) is 6.29 Å². The second-order valence-corrected chi connectivity index (χ2v) is 3.76. The van der Waals surface area contributed by atoms with Gasteiger partial charge in [-0.3, -0.25) is 4.79 Å². The van der Waals surface area contributed by atoms with Crippen LogP contribution in [0.3, 0.4) is 0 Å². The monoisotopic (exact) mass is 246 g/mol. The molecule has 18 heavy (non-hydrogen) atoms. The van der Waals surface area contributed by atoms with Gasteiger partial charge in [0.15, 0.2) is 11.6 Å². The van der Waals surface area contributed by atoms with E-state index in [1.165, 1.54) is 24.3 Å². The number of rotatable bonds is 4. The van der Waals surface area contributed by atoms with E-state index in [0.717, 1.165) is 11.6 Å². The number of phenols is 1. The third kappa shape index (κ3) is 2.85. The second kappa shape index (κ2) is 5.31. The van der Waals surface area contributed by atoms with Crippen molar-refractivity contribution in [2.75, 3.05) is 0 Å². The number of carbonyl (C=O) groups is 1. The molecule has 2 rings (SSSR count). The minimum Gasteiger partial charge on any atom is -0.508 e. The van der Waals surface area contributed by atoms with Gasteiger partial charge >= 0.3 is 0 Å². The van der Waals surface area contributed by atoms with E-state index in [1.807, 2.05) is 0 Å².